The lowest BCUT2D eigenvalue weighted by Gasteiger charge is -2.17. The number of nitrogens with zero attached hydrogens (tertiary/aromatic N) is 3. The van der Waals surface area contributed by atoms with Crippen molar-refractivity contribution in [2.24, 2.45) is 4.99 Å². The highest BCUT2D eigenvalue weighted by molar-refractivity contribution is 6.10. The minimum absolute atomic E-state index is 0.739. The van der Waals surface area contributed by atoms with Gasteiger partial charge in [0.05, 0.1) is 0 Å². The number of allylic oxidation sites excluding steroid dienone is 1. The summed E-state index contributed by atoms with van der Waals surface area (Å²) in [4.78, 5) is 10.4. The highest BCUT2D eigenvalue weighted by Gasteiger charge is 2.06. The SMILES string of the molecule is Cc1ccncc1C1=CN(C)CN=C1. The van der Waals surface area contributed by atoms with E-state index in [1.54, 1.807) is 0 Å². The van der Waals surface area contributed by atoms with Crippen molar-refractivity contribution >= 4 is 11.8 Å². The minimum atomic E-state index is 0.739. The average Bonchev–Trinajstić information content (AvgIpc) is 2.18. The van der Waals surface area contributed by atoms with Gasteiger partial charge in [-0.1, -0.05) is 0 Å². The van der Waals surface area contributed by atoms with Gasteiger partial charge in [-0.05, 0) is 18.6 Å². The van der Waals surface area contributed by atoms with Crippen LogP contribution in [0.15, 0.2) is 29.7 Å². The molecule has 0 N–H and O–H groups in total. The van der Waals surface area contributed by atoms with Gasteiger partial charge in [-0.15, -0.1) is 0 Å². The Morgan fingerprint density at radius 1 is 1.43 bits per heavy atom. The number of aryl methyl sites for hydroxylation is 1. The number of aliphatic imine (C=N–C) groups is 1. The molecule has 2 rings (SSSR count). The van der Waals surface area contributed by atoms with E-state index in [1.165, 1.54) is 5.56 Å². The van der Waals surface area contributed by atoms with Crippen LogP contribution >= 0.6 is 0 Å². The van der Waals surface area contributed by atoms with Gasteiger partial charge < -0.3 is 4.90 Å². The van der Waals surface area contributed by atoms with Gasteiger partial charge in [0.1, 0.15) is 6.67 Å². The van der Waals surface area contributed by atoms with Crippen LogP contribution in [0.3, 0.4) is 0 Å². The predicted octanol–water partition coefficient (Wildman–Crippen LogP) is 1.70. The second-order valence-corrected chi connectivity index (χ2v) is 3.49. The largest absolute Gasteiger partial charge is 0.361 e. The van der Waals surface area contributed by atoms with E-state index in [9.17, 15) is 0 Å². The highest BCUT2D eigenvalue weighted by Crippen LogP contribution is 2.18. The van der Waals surface area contributed by atoms with Gasteiger partial charge in [0.15, 0.2) is 0 Å². The first-order chi connectivity index (χ1) is 6.77. The second kappa shape index (κ2) is 3.62. The van der Waals surface area contributed by atoms with Crippen LogP contribution in [0.25, 0.3) is 5.57 Å². The number of hydrogen-bond donors (Lipinski definition) is 0. The Hall–Kier alpha value is -1.64. The third-order valence-electron chi connectivity index (χ3n) is 2.24. The molecule has 3 heteroatoms. The van der Waals surface area contributed by atoms with Crippen molar-refractivity contribution in [1.29, 1.82) is 0 Å². The van der Waals surface area contributed by atoms with Crippen LogP contribution in [-0.4, -0.2) is 29.8 Å². The van der Waals surface area contributed by atoms with Gasteiger partial charge in [0, 0.05) is 43.0 Å². The van der Waals surface area contributed by atoms with E-state index in [0.29, 0.717) is 0 Å². The van der Waals surface area contributed by atoms with Gasteiger partial charge in [-0.2, -0.15) is 0 Å². The maximum Gasteiger partial charge on any atom is 0.109 e. The summed E-state index contributed by atoms with van der Waals surface area (Å²) >= 11 is 0. The van der Waals surface area contributed by atoms with Crippen molar-refractivity contribution < 1.29 is 0 Å². The molecule has 1 aliphatic rings. The molecule has 2 heterocycles. The summed E-state index contributed by atoms with van der Waals surface area (Å²) in [5, 5.41) is 0. The normalized spacial score (nSPS) is 15.6. The summed E-state index contributed by atoms with van der Waals surface area (Å²) in [5.41, 5.74) is 3.51. The number of pyridine rings is 1. The van der Waals surface area contributed by atoms with Crippen molar-refractivity contribution in [2.75, 3.05) is 13.7 Å². The van der Waals surface area contributed by atoms with Gasteiger partial charge in [-0.3, -0.25) is 9.98 Å². The molecule has 3 nitrogen and oxygen atoms in total. The highest BCUT2D eigenvalue weighted by atomic mass is 15.2. The van der Waals surface area contributed by atoms with E-state index >= 15 is 0 Å². The summed E-state index contributed by atoms with van der Waals surface area (Å²) in [6.07, 6.45) is 7.69. The topological polar surface area (TPSA) is 28.5 Å². The van der Waals surface area contributed by atoms with Crippen molar-refractivity contribution in [3.63, 3.8) is 0 Å². The first-order valence-electron chi connectivity index (χ1n) is 4.60. The third-order valence-corrected chi connectivity index (χ3v) is 2.24. The van der Waals surface area contributed by atoms with Crippen molar-refractivity contribution in [1.82, 2.24) is 9.88 Å². The molecule has 0 unspecified atom stereocenters. The monoisotopic (exact) mass is 187 g/mol. The van der Waals surface area contributed by atoms with E-state index < -0.39 is 0 Å². The molecule has 1 aromatic rings. The second-order valence-electron chi connectivity index (χ2n) is 3.49. The molecule has 0 atom stereocenters. The minimum Gasteiger partial charge on any atom is -0.361 e. The molecule has 0 bridgehead atoms. The maximum atomic E-state index is 4.26. The molecule has 1 aliphatic heterocycles. The lowest BCUT2D eigenvalue weighted by Crippen LogP contribution is -2.15. The van der Waals surface area contributed by atoms with Gasteiger partial charge in [0.25, 0.3) is 0 Å². The zero-order valence-corrected chi connectivity index (χ0v) is 8.44. The van der Waals surface area contributed by atoms with E-state index in [1.807, 2.05) is 31.7 Å². The van der Waals surface area contributed by atoms with E-state index in [2.05, 4.69) is 28.0 Å². The van der Waals surface area contributed by atoms with Gasteiger partial charge >= 0.3 is 0 Å². The van der Waals surface area contributed by atoms with Crippen molar-refractivity contribution in [3.05, 3.63) is 35.8 Å². The van der Waals surface area contributed by atoms with Crippen LogP contribution in [-0.2, 0) is 0 Å². The van der Waals surface area contributed by atoms with Crippen LogP contribution in [0.5, 0.6) is 0 Å². The van der Waals surface area contributed by atoms with E-state index in [-0.39, 0.29) is 0 Å². The molecule has 72 valence electrons. The maximum absolute atomic E-state index is 4.26. The summed E-state index contributed by atoms with van der Waals surface area (Å²) in [6, 6.07) is 2.01. The number of hydrogen-bond acceptors (Lipinski definition) is 3. The molecular weight excluding hydrogens is 174 g/mol. The summed E-state index contributed by atoms with van der Waals surface area (Å²) in [5.74, 6) is 0. The Bertz CT molecular complexity index is 393. The van der Waals surface area contributed by atoms with Crippen molar-refractivity contribution in [2.45, 2.75) is 6.92 Å². The van der Waals surface area contributed by atoms with Gasteiger partial charge in [-0.25, -0.2) is 0 Å². The Kier molecular flexibility index (Phi) is 2.31. The van der Waals surface area contributed by atoms with Crippen LogP contribution < -0.4 is 0 Å². The molecule has 0 aromatic carbocycles. The molecular formula is C11H13N3. The fraction of sp³-hybridized carbons (Fsp3) is 0.273. The lowest BCUT2D eigenvalue weighted by atomic mass is 10.0. The van der Waals surface area contributed by atoms with Gasteiger partial charge in [0.2, 0.25) is 0 Å². The Morgan fingerprint density at radius 3 is 3.00 bits per heavy atom. The summed E-state index contributed by atoms with van der Waals surface area (Å²) in [7, 11) is 2.02. The fourth-order valence-electron chi connectivity index (χ4n) is 1.48. The number of rotatable bonds is 1. The van der Waals surface area contributed by atoms with E-state index in [4.69, 9.17) is 0 Å². The summed E-state index contributed by atoms with van der Waals surface area (Å²) < 4.78 is 0. The van der Waals surface area contributed by atoms with Crippen LogP contribution in [0, 0.1) is 6.92 Å². The zero-order valence-electron chi connectivity index (χ0n) is 8.44. The predicted molar refractivity (Wildman–Crippen MR) is 58.1 cm³/mol. The fourth-order valence-corrected chi connectivity index (χ4v) is 1.48. The molecule has 14 heavy (non-hydrogen) atoms. The Balaban J connectivity index is 2.40. The smallest absolute Gasteiger partial charge is 0.109 e. The lowest BCUT2D eigenvalue weighted by molar-refractivity contribution is 0.472. The van der Waals surface area contributed by atoms with Crippen LogP contribution in [0.1, 0.15) is 11.1 Å². The summed E-state index contributed by atoms with van der Waals surface area (Å²) in [6.45, 7) is 2.82. The van der Waals surface area contributed by atoms with E-state index in [0.717, 1.165) is 17.8 Å². The standard InChI is InChI=1S/C11H13N3/c1-9-3-4-12-6-11(9)10-5-13-8-14(2)7-10/h3-7H,8H2,1-2H3. The Morgan fingerprint density at radius 2 is 2.29 bits per heavy atom. The third kappa shape index (κ3) is 1.66. The molecule has 0 aliphatic carbocycles. The molecule has 0 spiro atoms. The molecule has 0 radical (unpaired) electrons. The number of aromatic nitrogens is 1. The zero-order chi connectivity index (χ0) is 9.97. The van der Waals surface area contributed by atoms with Crippen LogP contribution in [0.2, 0.25) is 0 Å². The molecule has 0 saturated heterocycles. The quantitative estimate of drug-likeness (QED) is 0.669. The first-order valence-corrected chi connectivity index (χ1v) is 4.60. The molecule has 0 fully saturated rings. The molecule has 0 amide bonds. The van der Waals surface area contributed by atoms with Crippen molar-refractivity contribution in [3.8, 4) is 0 Å². The molecule has 0 saturated carbocycles. The first kappa shape index (κ1) is 8.94. The Labute approximate surface area is 83.8 Å². The van der Waals surface area contributed by atoms with Crippen LogP contribution in [0.4, 0.5) is 0 Å². The average molecular weight is 187 g/mol. The molecule has 1 aromatic heterocycles.